The van der Waals surface area contributed by atoms with E-state index in [0.717, 1.165) is 21.8 Å². The van der Waals surface area contributed by atoms with Crippen LogP contribution in [0.3, 0.4) is 0 Å². The highest BCUT2D eigenvalue weighted by Crippen LogP contribution is 2.36. The summed E-state index contributed by atoms with van der Waals surface area (Å²) in [6.07, 6.45) is 0.335. The molecule has 0 unspecified atom stereocenters. The molecule has 33 heavy (non-hydrogen) atoms. The predicted octanol–water partition coefficient (Wildman–Crippen LogP) is 4.29. The highest BCUT2D eigenvalue weighted by molar-refractivity contribution is 7.18. The number of ether oxygens (including phenoxy) is 2. The summed E-state index contributed by atoms with van der Waals surface area (Å²) >= 11 is 1.25. The first-order chi connectivity index (χ1) is 16.0. The molecule has 0 aliphatic rings. The Bertz CT molecular complexity index is 1090. The molecule has 0 saturated carbocycles. The van der Waals surface area contributed by atoms with Crippen molar-refractivity contribution in [1.29, 1.82) is 0 Å². The van der Waals surface area contributed by atoms with Crippen LogP contribution in [0.15, 0.2) is 60.7 Å². The van der Waals surface area contributed by atoms with Gasteiger partial charge in [-0.25, -0.2) is 4.79 Å². The SMILES string of the molecule is CCOC(=O)c1sc(-c2ccc(OC)cc2)cc1NC(=O)CCNC(=O)Cc1ccccc1. The fourth-order valence-electron chi connectivity index (χ4n) is 3.10. The number of amides is 2. The van der Waals surface area contributed by atoms with E-state index in [1.165, 1.54) is 11.3 Å². The third-order valence-electron chi connectivity index (χ3n) is 4.72. The van der Waals surface area contributed by atoms with E-state index in [1.54, 1.807) is 20.1 Å². The number of nitrogens with one attached hydrogen (secondary N) is 2. The summed E-state index contributed by atoms with van der Waals surface area (Å²) in [5.41, 5.74) is 2.19. The number of anilines is 1. The van der Waals surface area contributed by atoms with Gasteiger partial charge in [0.05, 0.1) is 25.8 Å². The Labute approximate surface area is 196 Å². The number of rotatable bonds is 10. The van der Waals surface area contributed by atoms with Gasteiger partial charge in [-0.3, -0.25) is 9.59 Å². The minimum absolute atomic E-state index is 0.0799. The van der Waals surface area contributed by atoms with Crippen molar-refractivity contribution in [2.24, 2.45) is 0 Å². The Kier molecular flexibility index (Phi) is 8.60. The highest BCUT2D eigenvalue weighted by Gasteiger charge is 2.20. The predicted molar refractivity (Wildman–Crippen MR) is 129 cm³/mol. The van der Waals surface area contributed by atoms with Crippen molar-refractivity contribution in [3.05, 3.63) is 71.1 Å². The summed E-state index contributed by atoms with van der Waals surface area (Å²) in [4.78, 5) is 38.1. The van der Waals surface area contributed by atoms with Gasteiger partial charge in [-0.2, -0.15) is 0 Å². The van der Waals surface area contributed by atoms with E-state index in [2.05, 4.69) is 10.6 Å². The van der Waals surface area contributed by atoms with E-state index < -0.39 is 5.97 Å². The van der Waals surface area contributed by atoms with E-state index >= 15 is 0 Å². The number of methoxy groups -OCH3 is 1. The van der Waals surface area contributed by atoms with Crippen molar-refractivity contribution in [1.82, 2.24) is 5.32 Å². The summed E-state index contributed by atoms with van der Waals surface area (Å²) in [6.45, 7) is 2.16. The summed E-state index contributed by atoms with van der Waals surface area (Å²) in [6, 6.07) is 18.6. The molecule has 1 heterocycles. The highest BCUT2D eigenvalue weighted by atomic mass is 32.1. The van der Waals surface area contributed by atoms with Gasteiger partial charge in [0.15, 0.2) is 0 Å². The lowest BCUT2D eigenvalue weighted by Crippen LogP contribution is -2.29. The summed E-state index contributed by atoms with van der Waals surface area (Å²) in [7, 11) is 1.59. The Morgan fingerprint density at radius 3 is 2.36 bits per heavy atom. The maximum absolute atomic E-state index is 12.5. The van der Waals surface area contributed by atoms with Crippen LogP contribution in [-0.4, -0.2) is 38.0 Å². The maximum atomic E-state index is 12.5. The average molecular weight is 467 g/mol. The molecule has 0 aliphatic carbocycles. The smallest absolute Gasteiger partial charge is 0.350 e. The first-order valence-electron chi connectivity index (χ1n) is 10.6. The molecular weight excluding hydrogens is 440 g/mol. The molecule has 7 nitrogen and oxygen atoms in total. The third-order valence-corrected chi connectivity index (χ3v) is 5.89. The molecule has 0 aliphatic heterocycles. The molecule has 0 bridgehead atoms. The number of hydrogen-bond donors (Lipinski definition) is 2. The zero-order valence-electron chi connectivity index (χ0n) is 18.6. The van der Waals surface area contributed by atoms with Gasteiger partial charge >= 0.3 is 5.97 Å². The molecule has 3 aromatic rings. The van der Waals surface area contributed by atoms with E-state index in [0.29, 0.717) is 10.6 Å². The fourth-order valence-corrected chi connectivity index (χ4v) is 4.11. The molecule has 0 fully saturated rings. The molecular formula is C25H26N2O5S. The van der Waals surface area contributed by atoms with Crippen LogP contribution in [0.1, 0.15) is 28.6 Å². The third kappa shape index (κ3) is 6.92. The first-order valence-corrected chi connectivity index (χ1v) is 11.4. The van der Waals surface area contributed by atoms with Gasteiger partial charge in [-0.15, -0.1) is 11.3 Å². The molecule has 2 N–H and O–H groups in total. The van der Waals surface area contributed by atoms with Crippen LogP contribution >= 0.6 is 11.3 Å². The monoisotopic (exact) mass is 466 g/mol. The van der Waals surface area contributed by atoms with E-state index in [-0.39, 0.29) is 37.8 Å². The lowest BCUT2D eigenvalue weighted by Gasteiger charge is -2.07. The molecule has 172 valence electrons. The molecule has 8 heteroatoms. The number of thiophene rings is 1. The van der Waals surface area contributed by atoms with Crippen molar-refractivity contribution in [2.45, 2.75) is 19.8 Å². The second kappa shape index (κ2) is 11.8. The average Bonchev–Trinajstić information content (AvgIpc) is 3.23. The largest absolute Gasteiger partial charge is 0.497 e. The minimum Gasteiger partial charge on any atom is -0.497 e. The lowest BCUT2D eigenvalue weighted by atomic mass is 10.1. The van der Waals surface area contributed by atoms with Crippen molar-refractivity contribution in [2.75, 3.05) is 25.6 Å². The Hall–Kier alpha value is -3.65. The molecule has 2 aromatic carbocycles. The second-order valence-corrected chi connectivity index (χ2v) is 8.17. The molecule has 2 amide bonds. The van der Waals surface area contributed by atoms with Crippen molar-refractivity contribution >= 4 is 34.8 Å². The molecule has 0 radical (unpaired) electrons. The second-order valence-electron chi connectivity index (χ2n) is 7.11. The normalized spacial score (nSPS) is 10.4. The Morgan fingerprint density at radius 2 is 1.70 bits per heavy atom. The molecule has 0 atom stereocenters. The van der Waals surface area contributed by atoms with Crippen LogP contribution in [0.4, 0.5) is 5.69 Å². The number of carbonyl (C=O) groups is 3. The van der Waals surface area contributed by atoms with Crippen molar-refractivity contribution < 1.29 is 23.9 Å². The lowest BCUT2D eigenvalue weighted by molar-refractivity contribution is -0.120. The van der Waals surface area contributed by atoms with E-state index in [4.69, 9.17) is 9.47 Å². The number of carbonyl (C=O) groups excluding carboxylic acids is 3. The molecule has 0 saturated heterocycles. The van der Waals surface area contributed by atoms with Gasteiger partial charge in [0.25, 0.3) is 0 Å². The standard InChI is InChI=1S/C25H26N2O5S/c1-3-32-25(30)24-20(16-21(33-24)18-9-11-19(31-2)12-10-18)27-22(28)13-14-26-23(29)15-17-7-5-4-6-8-17/h4-12,16H,3,13-15H2,1-2H3,(H,26,29)(H,27,28). The summed E-state index contributed by atoms with van der Waals surface area (Å²) in [5, 5.41) is 5.53. The number of esters is 1. The van der Waals surface area contributed by atoms with Gasteiger partial charge in [0, 0.05) is 17.8 Å². The molecule has 1 aromatic heterocycles. The maximum Gasteiger partial charge on any atom is 0.350 e. The van der Waals surface area contributed by atoms with Gasteiger partial charge in [0.2, 0.25) is 11.8 Å². The molecule has 3 rings (SSSR count). The number of benzene rings is 2. The van der Waals surface area contributed by atoms with Gasteiger partial charge < -0.3 is 20.1 Å². The molecule has 0 spiro atoms. The topological polar surface area (TPSA) is 93.7 Å². The van der Waals surface area contributed by atoms with Crippen LogP contribution in [-0.2, 0) is 20.7 Å². The van der Waals surface area contributed by atoms with Crippen LogP contribution in [0.25, 0.3) is 10.4 Å². The fraction of sp³-hybridized carbons (Fsp3) is 0.240. The van der Waals surface area contributed by atoms with Gasteiger partial charge in [-0.1, -0.05) is 30.3 Å². The minimum atomic E-state index is -0.492. The Morgan fingerprint density at radius 1 is 0.970 bits per heavy atom. The number of hydrogen-bond acceptors (Lipinski definition) is 6. The van der Waals surface area contributed by atoms with Gasteiger partial charge in [-0.05, 0) is 48.4 Å². The van der Waals surface area contributed by atoms with E-state index in [9.17, 15) is 14.4 Å². The van der Waals surface area contributed by atoms with Crippen molar-refractivity contribution in [3.63, 3.8) is 0 Å². The first kappa shape index (κ1) is 24.0. The quantitative estimate of drug-likeness (QED) is 0.435. The van der Waals surface area contributed by atoms with E-state index in [1.807, 2.05) is 54.6 Å². The zero-order chi connectivity index (χ0) is 23.6. The van der Waals surface area contributed by atoms with Crippen molar-refractivity contribution in [3.8, 4) is 16.2 Å². The van der Waals surface area contributed by atoms with Crippen LogP contribution in [0.2, 0.25) is 0 Å². The van der Waals surface area contributed by atoms with Crippen LogP contribution in [0.5, 0.6) is 5.75 Å². The Balaban J connectivity index is 1.62. The zero-order valence-corrected chi connectivity index (χ0v) is 19.4. The summed E-state index contributed by atoms with van der Waals surface area (Å²) in [5.74, 6) is -0.226. The van der Waals surface area contributed by atoms with Crippen LogP contribution in [0, 0.1) is 0 Å². The van der Waals surface area contributed by atoms with Crippen LogP contribution < -0.4 is 15.4 Å². The summed E-state index contributed by atoms with van der Waals surface area (Å²) < 4.78 is 10.3. The van der Waals surface area contributed by atoms with Gasteiger partial charge in [0.1, 0.15) is 10.6 Å².